The Labute approximate surface area is 117 Å². The topological polar surface area (TPSA) is 43.8 Å². The molecule has 2 N–H and O–H groups in total. The average molecular weight is 263 g/mol. The third kappa shape index (κ3) is 2.80. The van der Waals surface area contributed by atoms with Gasteiger partial charge in [-0.25, -0.2) is 4.98 Å². The van der Waals surface area contributed by atoms with Crippen LogP contribution >= 0.6 is 0 Å². The molecule has 1 fully saturated rings. The summed E-state index contributed by atoms with van der Waals surface area (Å²) < 4.78 is 2.20. The van der Waals surface area contributed by atoms with Gasteiger partial charge in [-0.3, -0.25) is 0 Å². The first kappa shape index (κ1) is 14.4. The Balaban J connectivity index is 2.39. The molecular weight excluding hydrogens is 234 g/mol. The molecule has 2 unspecified atom stereocenters. The molecular formula is C16H29N3. The summed E-state index contributed by atoms with van der Waals surface area (Å²) in [6, 6.07) is 0. The van der Waals surface area contributed by atoms with Gasteiger partial charge in [0.25, 0.3) is 0 Å². The van der Waals surface area contributed by atoms with Gasteiger partial charge in [0.15, 0.2) is 0 Å². The Morgan fingerprint density at radius 1 is 1.32 bits per heavy atom. The summed E-state index contributed by atoms with van der Waals surface area (Å²) in [6.07, 6.45) is 5.17. The molecule has 1 saturated carbocycles. The molecule has 108 valence electrons. The van der Waals surface area contributed by atoms with Gasteiger partial charge in [0.05, 0.1) is 5.69 Å². The fourth-order valence-corrected chi connectivity index (χ4v) is 3.36. The highest BCUT2D eigenvalue weighted by molar-refractivity contribution is 5.42. The summed E-state index contributed by atoms with van der Waals surface area (Å²) in [5.41, 5.74) is 7.61. The van der Waals surface area contributed by atoms with Gasteiger partial charge in [-0.15, -0.1) is 0 Å². The maximum atomic E-state index is 6.39. The minimum atomic E-state index is 0.0582. The van der Waals surface area contributed by atoms with E-state index in [9.17, 15) is 0 Å². The Morgan fingerprint density at radius 3 is 2.47 bits per heavy atom. The minimum Gasteiger partial charge on any atom is -0.384 e. The van der Waals surface area contributed by atoms with Crippen molar-refractivity contribution in [3.63, 3.8) is 0 Å². The molecule has 0 spiro atoms. The molecule has 1 aliphatic rings. The number of anilines is 1. The molecule has 19 heavy (non-hydrogen) atoms. The quantitative estimate of drug-likeness (QED) is 0.874. The Hall–Kier alpha value is -0.990. The lowest BCUT2D eigenvalue weighted by atomic mass is 9.81. The van der Waals surface area contributed by atoms with Crippen molar-refractivity contribution in [2.45, 2.75) is 78.2 Å². The predicted octanol–water partition coefficient (Wildman–Crippen LogP) is 4.08. The number of hydrogen-bond donors (Lipinski definition) is 1. The van der Waals surface area contributed by atoms with Crippen molar-refractivity contribution < 1.29 is 0 Å². The highest BCUT2D eigenvalue weighted by Crippen LogP contribution is 2.39. The third-order valence-electron chi connectivity index (χ3n) is 4.35. The van der Waals surface area contributed by atoms with E-state index in [2.05, 4.69) is 39.2 Å². The standard InChI is InChI=1S/C16H29N3/c1-6-19-14(17)13(18-15(19)16(3,4)5)12-9-7-8-11(2)10-12/h11-12H,6-10,17H2,1-5H3. The van der Waals surface area contributed by atoms with Crippen LogP contribution in [0.15, 0.2) is 0 Å². The van der Waals surface area contributed by atoms with Crippen LogP contribution < -0.4 is 5.73 Å². The maximum Gasteiger partial charge on any atom is 0.127 e. The normalized spacial score (nSPS) is 24.7. The van der Waals surface area contributed by atoms with Gasteiger partial charge in [-0.1, -0.05) is 40.5 Å². The van der Waals surface area contributed by atoms with E-state index in [1.807, 2.05) is 0 Å². The number of hydrogen-bond acceptors (Lipinski definition) is 2. The van der Waals surface area contributed by atoms with Gasteiger partial charge in [-0.05, 0) is 25.7 Å². The lowest BCUT2D eigenvalue weighted by Crippen LogP contribution is -2.19. The van der Waals surface area contributed by atoms with Crippen molar-refractivity contribution in [1.82, 2.24) is 9.55 Å². The zero-order valence-corrected chi connectivity index (χ0v) is 13.2. The molecule has 0 radical (unpaired) electrons. The molecule has 3 heteroatoms. The van der Waals surface area contributed by atoms with Crippen molar-refractivity contribution >= 4 is 5.82 Å². The second kappa shape index (κ2) is 5.18. The molecule has 3 nitrogen and oxygen atoms in total. The highest BCUT2D eigenvalue weighted by Gasteiger charge is 2.29. The lowest BCUT2D eigenvalue weighted by Gasteiger charge is -2.25. The fraction of sp³-hybridized carbons (Fsp3) is 0.812. The van der Waals surface area contributed by atoms with Crippen LogP contribution in [-0.2, 0) is 12.0 Å². The van der Waals surface area contributed by atoms with Gasteiger partial charge < -0.3 is 10.3 Å². The first-order valence-electron chi connectivity index (χ1n) is 7.71. The third-order valence-corrected chi connectivity index (χ3v) is 4.35. The summed E-state index contributed by atoms with van der Waals surface area (Å²) in [5, 5.41) is 0. The van der Waals surface area contributed by atoms with Crippen molar-refractivity contribution in [2.75, 3.05) is 5.73 Å². The van der Waals surface area contributed by atoms with Gasteiger partial charge in [0.2, 0.25) is 0 Å². The summed E-state index contributed by atoms with van der Waals surface area (Å²) in [4.78, 5) is 4.95. The van der Waals surface area contributed by atoms with E-state index < -0.39 is 0 Å². The summed E-state index contributed by atoms with van der Waals surface area (Å²) in [5.74, 6) is 3.42. The second-order valence-electron chi connectivity index (χ2n) is 7.17. The van der Waals surface area contributed by atoms with E-state index in [0.717, 1.165) is 24.1 Å². The second-order valence-corrected chi connectivity index (χ2v) is 7.17. The van der Waals surface area contributed by atoms with Crippen LogP contribution in [0.1, 0.15) is 77.7 Å². The molecule has 0 amide bonds. The smallest absolute Gasteiger partial charge is 0.127 e. The molecule has 0 bridgehead atoms. The maximum absolute atomic E-state index is 6.39. The molecule has 2 atom stereocenters. The summed E-state index contributed by atoms with van der Waals surface area (Å²) in [6.45, 7) is 12.1. The zero-order valence-electron chi connectivity index (χ0n) is 13.2. The minimum absolute atomic E-state index is 0.0582. The molecule has 1 aromatic rings. The van der Waals surface area contributed by atoms with E-state index in [1.165, 1.54) is 31.4 Å². The molecule has 2 rings (SSSR count). The van der Waals surface area contributed by atoms with Gasteiger partial charge in [0, 0.05) is 17.9 Å². The molecule has 1 aromatic heterocycles. The van der Waals surface area contributed by atoms with Crippen LogP contribution in [-0.4, -0.2) is 9.55 Å². The molecule has 0 saturated heterocycles. The van der Waals surface area contributed by atoms with Crippen LogP contribution in [0.2, 0.25) is 0 Å². The van der Waals surface area contributed by atoms with Crippen LogP contribution in [0.25, 0.3) is 0 Å². The Morgan fingerprint density at radius 2 is 2.00 bits per heavy atom. The molecule has 0 aromatic carbocycles. The van der Waals surface area contributed by atoms with E-state index >= 15 is 0 Å². The van der Waals surface area contributed by atoms with Crippen LogP contribution in [0.4, 0.5) is 5.82 Å². The molecule has 1 aliphatic carbocycles. The fourth-order valence-electron chi connectivity index (χ4n) is 3.36. The predicted molar refractivity (Wildman–Crippen MR) is 81.4 cm³/mol. The molecule has 1 heterocycles. The SMILES string of the molecule is CCn1c(C(C)(C)C)nc(C2CCCC(C)C2)c1N. The number of nitrogens with two attached hydrogens (primary N) is 1. The number of aromatic nitrogens is 2. The van der Waals surface area contributed by atoms with Crippen molar-refractivity contribution in [2.24, 2.45) is 5.92 Å². The summed E-state index contributed by atoms with van der Waals surface area (Å²) >= 11 is 0. The van der Waals surface area contributed by atoms with E-state index in [-0.39, 0.29) is 5.41 Å². The monoisotopic (exact) mass is 263 g/mol. The van der Waals surface area contributed by atoms with Crippen molar-refractivity contribution in [3.8, 4) is 0 Å². The van der Waals surface area contributed by atoms with Crippen LogP contribution in [0.3, 0.4) is 0 Å². The van der Waals surface area contributed by atoms with E-state index in [4.69, 9.17) is 10.7 Å². The highest BCUT2D eigenvalue weighted by atomic mass is 15.1. The van der Waals surface area contributed by atoms with Crippen LogP contribution in [0.5, 0.6) is 0 Å². The average Bonchev–Trinajstić information content (AvgIpc) is 2.66. The number of nitrogens with zero attached hydrogens (tertiary/aromatic N) is 2. The Kier molecular flexibility index (Phi) is 3.93. The zero-order chi connectivity index (χ0) is 14.2. The van der Waals surface area contributed by atoms with Crippen molar-refractivity contribution in [3.05, 3.63) is 11.5 Å². The van der Waals surface area contributed by atoms with E-state index in [1.54, 1.807) is 0 Å². The van der Waals surface area contributed by atoms with Crippen molar-refractivity contribution in [1.29, 1.82) is 0 Å². The van der Waals surface area contributed by atoms with Gasteiger partial charge in [0.1, 0.15) is 11.6 Å². The largest absolute Gasteiger partial charge is 0.384 e. The first-order chi connectivity index (χ1) is 8.84. The number of rotatable bonds is 2. The number of nitrogen functional groups attached to an aromatic ring is 1. The van der Waals surface area contributed by atoms with Crippen LogP contribution in [0, 0.1) is 5.92 Å². The summed E-state index contributed by atoms with van der Waals surface area (Å²) in [7, 11) is 0. The lowest BCUT2D eigenvalue weighted by molar-refractivity contribution is 0.340. The first-order valence-corrected chi connectivity index (χ1v) is 7.71. The number of imidazole rings is 1. The molecule has 0 aliphatic heterocycles. The van der Waals surface area contributed by atoms with Gasteiger partial charge >= 0.3 is 0 Å². The van der Waals surface area contributed by atoms with E-state index in [0.29, 0.717) is 5.92 Å². The van der Waals surface area contributed by atoms with Gasteiger partial charge in [-0.2, -0.15) is 0 Å². The Bertz CT molecular complexity index is 440.